The molecule has 2 aliphatic heterocycles. The third-order valence-electron chi connectivity index (χ3n) is 4.47. The van der Waals surface area contributed by atoms with E-state index in [4.69, 9.17) is 4.74 Å². The van der Waals surface area contributed by atoms with Crippen LogP contribution in [0.5, 0.6) is 0 Å². The molecule has 2 saturated heterocycles. The minimum absolute atomic E-state index is 0.497. The van der Waals surface area contributed by atoms with Crippen molar-refractivity contribution in [1.29, 1.82) is 0 Å². The van der Waals surface area contributed by atoms with Gasteiger partial charge in [0.2, 0.25) is 0 Å². The van der Waals surface area contributed by atoms with Gasteiger partial charge in [0.15, 0.2) is 0 Å². The number of nitrogens with zero attached hydrogens (tertiary/aromatic N) is 1. The molecule has 86 valence electrons. The van der Waals surface area contributed by atoms with E-state index >= 15 is 0 Å². The van der Waals surface area contributed by atoms with Crippen molar-refractivity contribution in [3.63, 3.8) is 0 Å². The third kappa shape index (κ3) is 1.71. The molecule has 1 N–H and O–H groups in total. The maximum atomic E-state index is 5.55. The van der Waals surface area contributed by atoms with Crippen LogP contribution in [0, 0.1) is 0 Å². The van der Waals surface area contributed by atoms with Crippen molar-refractivity contribution in [1.82, 2.24) is 10.2 Å². The van der Waals surface area contributed by atoms with E-state index in [2.05, 4.69) is 10.2 Å². The molecule has 1 spiro atoms. The van der Waals surface area contributed by atoms with Gasteiger partial charge in [0.25, 0.3) is 0 Å². The lowest BCUT2D eigenvalue weighted by atomic mass is 9.90. The van der Waals surface area contributed by atoms with E-state index in [9.17, 15) is 0 Å². The summed E-state index contributed by atoms with van der Waals surface area (Å²) in [6, 6.07) is 0.713. The van der Waals surface area contributed by atoms with Crippen molar-refractivity contribution in [2.75, 3.05) is 32.8 Å². The Morgan fingerprint density at radius 1 is 1.27 bits per heavy atom. The highest BCUT2D eigenvalue weighted by atomic mass is 16.5. The summed E-state index contributed by atoms with van der Waals surface area (Å²) in [5.74, 6) is 0. The lowest BCUT2D eigenvalue weighted by molar-refractivity contribution is 0.0184. The second-order valence-electron chi connectivity index (χ2n) is 5.32. The predicted octanol–water partition coefficient (Wildman–Crippen LogP) is 0.993. The van der Waals surface area contributed by atoms with Crippen molar-refractivity contribution < 1.29 is 4.74 Å². The second-order valence-corrected chi connectivity index (χ2v) is 5.32. The molecule has 1 unspecified atom stereocenters. The molecule has 0 aromatic rings. The summed E-state index contributed by atoms with van der Waals surface area (Å²) in [4.78, 5) is 2.78. The van der Waals surface area contributed by atoms with E-state index in [1.807, 2.05) is 0 Å². The lowest BCUT2D eigenvalue weighted by Crippen LogP contribution is -2.63. The summed E-state index contributed by atoms with van der Waals surface area (Å²) in [6.45, 7) is 5.56. The average molecular weight is 210 g/mol. The summed E-state index contributed by atoms with van der Waals surface area (Å²) >= 11 is 0. The van der Waals surface area contributed by atoms with Crippen LogP contribution >= 0.6 is 0 Å². The molecular formula is C12H22N2O. The number of nitrogens with one attached hydrogen (secondary N) is 1. The molecule has 0 bridgehead atoms. The quantitative estimate of drug-likeness (QED) is 0.698. The zero-order valence-electron chi connectivity index (χ0n) is 9.50. The maximum absolute atomic E-state index is 5.55. The van der Waals surface area contributed by atoms with Crippen molar-refractivity contribution in [3.05, 3.63) is 0 Å². The Kier molecular flexibility index (Phi) is 2.71. The molecule has 0 aromatic heterocycles. The van der Waals surface area contributed by atoms with Crippen LogP contribution in [-0.2, 0) is 4.74 Å². The van der Waals surface area contributed by atoms with Crippen LogP contribution in [0.3, 0.4) is 0 Å². The van der Waals surface area contributed by atoms with Gasteiger partial charge < -0.3 is 10.1 Å². The number of piperazine rings is 1. The van der Waals surface area contributed by atoms with Crippen LogP contribution in [0.1, 0.15) is 32.1 Å². The molecule has 2 heterocycles. The minimum Gasteiger partial charge on any atom is -0.380 e. The second kappa shape index (κ2) is 4.04. The molecule has 3 rings (SSSR count). The topological polar surface area (TPSA) is 24.5 Å². The van der Waals surface area contributed by atoms with Crippen LogP contribution < -0.4 is 5.32 Å². The summed E-state index contributed by atoms with van der Waals surface area (Å²) in [7, 11) is 0. The molecule has 15 heavy (non-hydrogen) atoms. The highest BCUT2D eigenvalue weighted by Crippen LogP contribution is 2.38. The van der Waals surface area contributed by atoms with Gasteiger partial charge in [-0.15, -0.1) is 0 Å². The van der Waals surface area contributed by atoms with Gasteiger partial charge in [0.1, 0.15) is 0 Å². The average Bonchev–Trinajstić information content (AvgIpc) is 2.90. The van der Waals surface area contributed by atoms with Crippen LogP contribution in [-0.4, -0.2) is 49.3 Å². The number of rotatable bonds is 1. The van der Waals surface area contributed by atoms with Gasteiger partial charge in [0.05, 0.1) is 6.61 Å². The van der Waals surface area contributed by atoms with E-state index in [0.717, 1.165) is 19.8 Å². The van der Waals surface area contributed by atoms with Gasteiger partial charge in [-0.1, -0.05) is 12.8 Å². The molecule has 3 aliphatic rings. The molecule has 0 aromatic carbocycles. The fourth-order valence-corrected chi connectivity index (χ4v) is 3.69. The zero-order chi connectivity index (χ0) is 10.1. The van der Waals surface area contributed by atoms with Gasteiger partial charge in [-0.05, 0) is 19.3 Å². The van der Waals surface area contributed by atoms with Gasteiger partial charge in [-0.3, -0.25) is 4.90 Å². The summed E-state index contributed by atoms with van der Waals surface area (Å²) in [5, 5.41) is 3.59. The van der Waals surface area contributed by atoms with Crippen molar-refractivity contribution >= 4 is 0 Å². The molecule has 3 heteroatoms. The number of hydrogen-bond donors (Lipinski definition) is 1. The Bertz CT molecular complexity index is 220. The monoisotopic (exact) mass is 210 g/mol. The first kappa shape index (κ1) is 10.1. The molecule has 1 aliphatic carbocycles. The normalized spacial score (nSPS) is 36.4. The Labute approximate surface area is 92.2 Å². The number of hydrogen-bond acceptors (Lipinski definition) is 3. The number of ether oxygens (including phenoxy) is 1. The molecule has 0 amide bonds. The van der Waals surface area contributed by atoms with Crippen molar-refractivity contribution in [2.45, 2.75) is 43.7 Å². The summed E-state index contributed by atoms with van der Waals surface area (Å²) in [5.41, 5.74) is 0.497. The van der Waals surface area contributed by atoms with Crippen LogP contribution in [0.15, 0.2) is 0 Å². The molecule has 1 saturated carbocycles. The summed E-state index contributed by atoms with van der Waals surface area (Å²) < 4.78 is 5.55. The molecule has 0 radical (unpaired) electrons. The fraction of sp³-hybridized carbons (Fsp3) is 1.00. The van der Waals surface area contributed by atoms with E-state index < -0.39 is 0 Å². The SMILES string of the molecule is C1CCC2(C1)CNCCN2C1CCOC1. The van der Waals surface area contributed by atoms with Crippen molar-refractivity contribution in [3.8, 4) is 0 Å². The smallest absolute Gasteiger partial charge is 0.0622 e. The standard InChI is InChI=1S/C12H22N2O/c1-2-5-12(4-1)10-13-6-7-14(12)11-3-8-15-9-11/h11,13H,1-10H2. The van der Waals surface area contributed by atoms with Gasteiger partial charge >= 0.3 is 0 Å². The van der Waals surface area contributed by atoms with E-state index in [-0.39, 0.29) is 0 Å². The minimum atomic E-state index is 0.497. The largest absolute Gasteiger partial charge is 0.380 e. The van der Waals surface area contributed by atoms with E-state index in [0.29, 0.717) is 11.6 Å². The zero-order valence-corrected chi connectivity index (χ0v) is 9.50. The third-order valence-corrected chi connectivity index (χ3v) is 4.47. The first-order valence-electron chi connectivity index (χ1n) is 6.46. The summed E-state index contributed by atoms with van der Waals surface area (Å²) in [6.07, 6.45) is 6.90. The fourth-order valence-electron chi connectivity index (χ4n) is 3.69. The Hall–Kier alpha value is -0.120. The highest BCUT2D eigenvalue weighted by molar-refractivity contribution is 5.02. The Morgan fingerprint density at radius 2 is 2.13 bits per heavy atom. The predicted molar refractivity (Wildman–Crippen MR) is 60.0 cm³/mol. The maximum Gasteiger partial charge on any atom is 0.0622 e. The molecular weight excluding hydrogens is 188 g/mol. The van der Waals surface area contributed by atoms with Crippen LogP contribution in [0.25, 0.3) is 0 Å². The van der Waals surface area contributed by atoms with E-state index in [1.54, 1.807) is 0 Å². The van der Waals surface area contributed by atoms with Gasteiger partial charge in [-0.2, -0.15) is 0 Å². The van der Waals surface area contributed by atoms with Gasteiger partial charge in [-0.25, -0.2) is 0 Å². The first-order valence-corrected chi connectivity index (χ1v) is 6.46. The molecule has 3 nitrogen and oxygen atoms in total. The van der Waals surface area contributed by atoms with Crippen LogP contribution in [0.4, 0.5) is 0 Å². The Morgan fingerprint density at radius 3 is 2.87 bits per heavy atom. The van der Waals surface area contributed by atoms with Crippen LogP contribution in [0.2, 0.25) is 0 Å². The highest BCUT2D eigenvalue weighted by Gasteiger charge is 2.44. The van der Waals surface area contributed by atoms with E-state index in [1.165, 1.54) is 45.2 Å². The molecule has 1 atom stereocenters. The first-order chi connectivity index (χ1) is 7.41. The van der Waals surface area contributed by atoms with Crippen molar-refractivity contribution in [2.24, 2.45) is 0 Å². The Balaban J connectivity index is 1.77. The van der Waals surface area contributed by atoms with Gasteiger partial charge in [0, 0.05) is 37.8 Å². The molecule has 3 fully saturated rings. The lowest BCUT2D eigenvalue weighted by Gasteiger charge is -2.48.